The van der Waals surface area contributed by atoms with Crippen LogP contribution in [0.1, 0.15) is 25.9 Å². The van der Waals surface area contributed by atoms with Gasteiger partial charge in [0.05, 0.1) is 20.8 Å². The van der Waals surface area contributed by atoms with Crippen LogP contribution in [0.3, 0.4) is 0 Å². The zero-order chi connectivity index (χ0) is 17.3. The molecule has 9 heteroatoms. The van der Waals surface area contributed by atoms with E-state index >= 15 is 0 Å². The number of benzene rings is 1. The number of thiophene rings is 1. The number of methoxy groups -OCH3 is 2. The van der Waals surface area contributed by atoms with Gasteiger partial charge in [0.25, 0.3) is 5.82 Å². The first-order valence-electron chi connectivity index (χ1n) is 6.81. The Morgan fingerprint density at radius 3 is 2.71 bits per heavy atom. The van der Waals surface area contributed by atoms with E-state index in [9.17, 15) is 14.0 Å². The van der Waals surface area contributed by atoms with E-state index in [2.05, 4.69) is 14.8 Å². The van der Waals surface area contributed by atoms with Crippen LogP contribution in [0.15, 0.2) is 24.5 Å². The molecule has 0 aliphatic carbocycles. The quantitative estimate of drug-likeness (QED) is 0.672. The Bertz CT molecular complexity index is 934. The third kappa shape index (κ3) is 2.73. The Kier molecular flexibility index (Phi) is 4.26. The molecule has 0 bridgehead atoms. The van der Waals surface area contributed by atoms with Gasteiger partial charge >= 0.3 is 11.9 Å². The van der Waals surface area contributed by atoms with Crippen LogP contribution < -0.4 is 0 Å². The number of nitrogens with zero attached hydrogens (tertiary/aromatic N) is 3. The van der Waals surface area contributed by atoms with Crippen molar-refractivity contribution in [2.75, 3.05) is 14.2 Å². The van der Waals surface area contributed by atoms with Crippen molar-refractivity contribution in [2.45, 2.75) is 6.54 Å². The fourth-order valence-electron chi connectivity index (χ4n) is 2.29. The standard InChI is InChI=1S/C15H12FN3O4S/c1-22-14(20)12-8(11-9(16)4-3-5-10(11)24-12)6-19-7-17-13(18-19)15(21)23-2/h3-5,7H,6H2,1-2H3. The lowest BCUT2D eigenvalue weighted by Crippen LogP contribution is -2.09. The maximum atomic E-state index is 14.3. The van der Waals surface area contributed by atoms with Gasteiger partial charge in [-0.1, -0.05) is 6.07 Å². The number of aromatic nitrogens is 3. The largest absolute Gasteiger partial charge is 0.465 e. The van der Waals surface area contributed by atoms with Crippen LogP contribution in [-0.4, -0.2) is 40.9 Å². The van der Waals surface area contributed by atoms with E-state index < -0.39 is 17.8 Å². The zero-order valence-corrected chi connectivity index (χ0v) is 13.6. The van der Waals surface area contributed by atoms with Crippen LogP contribution in [0.5, 0.6) is 0 Å². The van der Waals surface area contributed by atoms with Crippen molar-refractivity contribution in [3.05, 3.63) is 46.6 Å². The fourth-order valence-corrected chi connectivity index (χ4v) is 3.44. The first-order valence-corrected chi connectivity index (χ1v) is 7.62. The summed E-state index contributed by atoms with van der Waals surface area (Å²) in [6, 6.07) is 4.62. The molecule has 0 saturated heterocycles. The van der Waals surface area contributed by atoms with Gasteiger partial charge in [0, 0.05) is 15.6 Å². The van der Waals surface area contributed by atoms with E-state index in [1.807, 2.05) is 0 Å². The van der Waals surface area contributed by atoms with Gasteiger partial charge in [0.2, 0.25) is 0 Å². The Morgan fingerprint density at radius 2 is 2.00 bits per heavy atom. The van der Waals surface area contributed by atoms with E-state index in [-0.39, 0.29) is 17.2 Å². The molecule has 0 atom stereocenters. The second-order valence-electron chi connectivity index (χ2n) is 4.77. The smallest absolute Gasteiger partial charge is 0.377 e. The van der Waals surface area contributed by atoms with Crippen LogP contribution >= 0.6 is 11.3 Å². The monoisotopic (exact) mass is 349 g/mol. The molecule has 0 aliphatic rings. The van der Waals surface area contributed by atoms with Crippen molar-refractivity contribution >= 4 is 33.4 Å². The van der Waals surface area contributed by atoms with Gasteiger partial charge in [-0.3, -0.25) is 0 Å². The van der Waals surface area contributed by atoms with Gasteiger partial charge in [-0.25, -0.2) is 23.6 Å². The Hall–Kier alpha value is -2.81. The molecule has 2 aromatic heterocycles. The molecule has 0 aliphatic heterocycles. The molecule has 3 aromatic rings. The zero-order valence-electron chi connectivity index (χ0n) is 12.8. The number of halogens is 1. The average Bonchev–Trinajstić information content (AvgIpc) is 3.19. The van der Waals surface area contributed by atoms with Crippen molar-refractivity contribution in [3.8, 4) is 0 Å². The highest BCUT2D eigenvalue weighted by atomic mass is 32.1. The van der Waals surface area contributed by atoms with Crippen molar-refractivity contribution in [1.29, 1.82) is 0 Å². The molecule has 0 amide bonds. The third-order valence-corrected chi connectivity index (χ3v) is 4.54. The van der Waals surface area contributed by atoms with Gasteiger partial charge in [0.15, 0.2) is 0 Å². The van der Waals surface area contributed by atoms with E-state index in [0.29, 0.717) is 15.6 Å². The van der Waals surface area contributed by atoms with Crippen molar-refractivity contribution in [3.63, 3.8) is 0 Å². The summed E-state index contributed by atoms with van der Waals surface area (Å²) in [6.45, 7) is 0.0648. The second-order valence-corrected chi connectivity index (χ2v) is 5.82. The average molecular weight is 349 g/mol. The molecule has 0 radical (unpaired) electrons. The number of hydrogen-bond acceptors (Lipinski definition) is 7. The Labute approximate surface area is 139 Å². The SMILES string of the molecule is COC(=O)c1ncn(Cc2c(C(=O)OC)sc3cccc(F)c23)n1. The maximum absolute atomic E-state index is 14.3. The van der Waals surface area contributed by atoms with Crippen molar-refractivity contribution in [1.82, 2.24) is 14.8 Å². The number of carbonyl (C=O) groups is 2. The van der Waals surface area contributed by atoms with Gasteiger partial charge < -0.3 is 9.47 Å². The molecular formula is C15H12FN3O4S. The summed E-state index contributed by atoms with van der Waals surface area (Å²) < 4.78 is 25.5. The van der Waals surface area contributed by atoms with Crippen LogP contribution in [0.4, 0.5) is 4.39 Å². The predicted octanol–water partition coefficient (Wildman–Crippen LogP) is 2.25. The van der Waals surface area contributed by atoms with Crippen LogP contribution in [-0.2, 0) is 16.0 Å². The van der Waals surface area contributed by atoms with Gasteiger partial charge in [-0.15, -0.1) is 16.4 Å². The highest BCUT2D eigenvalue weighted by molar-refractivity contribution is 7.21. The molecule has 2 heterocycles. The van der Waals surface area contributed by atoms with E-state index in [4.69, 9.17) is 4.74 Å². The number of carbonyl (C=O) groups excluding carboxylic acids is 2. The minimum absolute atomic E-state index is 0.0648. The summed E-state index contributed by atoms with van der Waals surface area (Å²) >= 11 is 1.14. The highest BCUT2D eigenvalue weighted by Crippen LogP contribution is 2.34. The molecule has 0 saturated carbocycles. The minimum atomic E-state index is -0.678. The summed E-state index contributed by atoms with van der Waals surface area (Å²) in [5, 5.41) is 4.31. The maximum Gasteiger partial charge on any atom is 0.377 e. The normalized spacial score (nSPS) is 10.8. The van der Waals surface area contributed by atoms with Crippen molar-refractivity contribution < 1.29 is 23.5 Å². The molecule has 124 valence electrons. The third-order valence-electron chi connectivity index (χ3n) is 3.36. The topological polar surface area (TPSA) is 83.3 Å². The lowest BCUT2D eigenvalue weighted by atomic mass is 10.1. The molecule has 0 fully saturated rings. The van der Waals surface area contributed by atoms with Crippen molar-refractivity contribution in [2.24, 2.45) is 0 Å². The second kappa shape index (κ2) is 6.36. The minimum Gasteiger partial charge on any atom is -0.465 e. The van der Waals surface area contributed by atoms with Gasteiger partial charge in [-0.05, 0) is 12.1 Å². The van der Waals surface area contributed by atoms with E-state index in [0.717, 1.165) is 11.3 Å². The number of esters is 2. The number of hydrogen-bond donors (Lipinski definition) is 0. The van der Waals surface area contributed by atoms with Gasteiger partial charge in [-0.2, -0.15) is 0 Å². The molecule has 7 nitrogen and oxygen atoms in total. The molecule has 24 heavy (non-hydrogen) atoms. The molecule has 0 spiro atoms. The molecule has 0 unspecified atom stereocenters. The summed E-state index contributed by atoms with van der Waals surface area (Å²) in [7, 11) is 2.48. The molecule has 1 aromatic carbocycles. The van der Waals surface area contributed by atoms with Crippen LogP contribution in [0.2, 0.25) is 0 Å². The molecule has 0 N–H and O–H groups in total. The Morgan fingerprint density at radius 1 is 1.25 bits per heavy atom. The predicted molar refractivity (Wildman–Crippen MR) is 83.6 cm³/mol. The first-order chi connectivity index (χ1) is 11.5. The fraction of sp³-hybridized carbons (Fsp3) is 0.200. The van der Waals surface area contributed by atoms with Crippen LogP contribution in [0, 0.1) is 5.82 Å². The molecule has 3 rings (SSSR count). The van der Waals surface area contributed by atoms with E-state index in [1.165, 1.54) is 31.3 Å². The summed E-state index contributed by atoms with van der Waals surface area (Å²) in [4.78, 5) is 27.6. The molecular weight excluding hydrogens is 337 g/mol. The Balaban J connectivity index is 2.08. The lowest BCUT2D eigenvalue weighted by molar-refractivity contribution is 0.0582. The first kappa shape index (κ1) is 16.1. The van der Waals surface area contributed by atoms with Gasteiger partial charge in [0.1, 0.15) is 17.0 Å². The lowest BCUT2D eigenvalue weighted by Gasteiger charge is -2.04. The van der Waals surface area contributed by atoms with Crippen LogP contribution in [0.25, 0.3) is 10.1 Å². The van der Waals surface area contributed by atoms with E-state index in [1.54, 1.807) is 12.1 Å². The number of fused-ring (bicyclic) bond motifs is 1. The number of rotatable bonds is 4. The summed E-state index contributed by atoms with van der Waals surface area (Å²) in [6.07, 6.45) is 1.32. The summed E-state index contributed by atoms with van der Waals surface area (Å²) in [5.74, 6) is -1.79. The number of ether oxygens (including phenoxy) is 2. The highest BCUT2D eigenvalue weighted by Gasteiger charge is 2.22. The summed E-state index contributed by atoms with van der Waals surface area (Å²) in [5.41, 5.74) is 0.432.